The first-order valence-corrected chi connectivity index (χ1v) is 8.85. The van der Waals surface area contributed by atoms with Gasteiger partial charge in [0.15, 0.2) is 0 Å². The van der Waals surface area contributed by atoms with Crippen LogP contribution in [0.3, 0.4) is 0 Å². The van der Waals surface area contributed by atoms with E-state index in [1.165, 1.54) is 26.9 Å². The van der Waals surface area contributed by atoms with Crippen molar-refractivity contribution >= 4 is 38.2 Å². The number of carbonyl (C=O) groups excluding carboxylic acids is 1. The monoisotopic (exact) mass is 331 g/mol. The quantitative estimate of drug-likeness (QED) is 0.404. The maximum Gasteiger partial charge on any atom is 0.251 e. The van der Waals surface area contributed by atoms with Gasteiger partial charge in [-0.25, -0.2) is 0 Å². The van der Waals surface area contributed by atoms with Gasteiger partial charge in [0.05, 0.1) is 0 Å². The van der Waals surface area contributed by atoms with Crippen LogP contribution in [0.1, 0.15) is 29.6 Å². The molecule has 25 heavy (non-hydrogen) atoms. The number of hydrogen-bond donors (Lipinski definition) is 2. The minimum atomic E-state index is -0.0260. The Morgan fingerprint density at radius 3 is 2.24 bits per heavy atom. The lowest BCUT2D eigenvalue weighted by Crippen LogP contribution is -2.24. The highest BCUT2D eigenvalue weighted by Gasteiger charge is 2.14. The molecule has 2 N–H and O–H groups in total. The molecule has 0 radical (unpaired) electrons. The normalized spacial score (nSPS) is 11.6. The molecule has 0 aliphatic heterocycles. The first-order valence-electron chi connectivity index (χ1n) is 8.85. The lowest BCUT2D eigenvalue weighted by Gasteiger charge is -2.13. The summed E-state index contributed by atoms with van der Waals surface area (Å²) in [5.41, 5.74) is 0.730. The van der Waals surface area contributed by atoms with Crippen LogP contribution in [0.4, 0.5) is 0 Å². The summed E-state index contributed by atoms with van der Waals surface area (Å²) in [4.78, 5) is 12.7. The van der Waals surface area contributed by atoms with Crippen LogP contribution in [0, 0.1) is 0 Å². The highest BCUT2D eigenvalue weighted by molar-refractivity contribution is 6.26. The number of aliphatic hydroxyl groups is 1. The number of unbranched alkanes of at least 4 members (excludes halogenated alkanes) is 2. The molecule has 0 aliphatic rings. The summed E-state index contributed by atoms with van der Waals surface area (Å²) >= 11 is 0. The molecule has 0 spiro atoms. The van der Waals surface area contributed by atoms with Crippen LogP contribution in [-0.2, 0) is 0 Å². The molecule has 4 rings (SSSR count). The molecule has 3 heteroatoms. The zero-order valence-electron chi connectivity index (χ0n) is 14.1. The molecular weight excluding hydrogens is 310 g/mol. The SMILES string of the molecule is O=C(NCCCCCO)c1ccc2ccc3cccc4ccc1c2c34. The minimum absolute atomic E-state index is 0.0260. The summed E-state index contributed by atoms with van der Waals surface area (Å²) < 4.78 is 0. The summed E-state index contributed by atoms with van der Waals surface area (Å²) in [6.07, 6.45) is 2.60. The zero-order chi connectivity index (χ0) is 17.2. The molecule has 0 atom stereocenters. The van der Waals surface area contributed by atoms with Gasteiger partial charge in [0.25, 0.3) is 5.91 Å². The van der Waals surface area contributed by atoms with E-state index < -0.39 is 0 Å². The van der Waals surface area contributed by atoms with E-state index in [1.54, 1.807) is 0 Å². The molecule has 0 saturated heterocycles. The fourth-order valence-corrected chi connectivity index (χ4v) is 3.64. The molecule has 0 aliphatic carbocycles. The molecule has 0 fully saturated rings. The number of amides is 1. The molecular formula is C22H21NO2. The molecule has 0 aromatic heterocycles. The van der Waals surface area contributed by atoms with Crippen LogP contribution in [0.5, 0.6) is 0 Å². The van der Waals surface area contributed by atoms with E-state index in [0.29, 0.717) is 6.54 Å². The summed E-state index contributed by atoms with van der Waals surface area (Å²) in [5, 5.41) is 18.8. The second-order valence-corrected chi connectivity index (χ2v) is 6.51. The lowest BCUT2D eigenvalue weighted by molar-refractivity contribution is 0.0954. The molecule has 0 bridgehead atoms. The Morgan fingerprint density at radius 2 is 1.48 bits per heavy atom. The lowest BCUT2D eigenvalue weighted by atomic mass is 9.92. The Balaban J connectivity index is 1.73. The standard InChI is InChI=1S/C22H21NO2/c24-14-3-1-2-13-23-22(25)19-12-10-17-8-7-15-5-4-6-16-9-11-18(19)21(17)20(15)16/h4-12,24H,1-3,13-14H2,(H,23,25). The van der Waals surface area contributed by atoms with Crippen molar-refractivity contribution in [3.05, 3.63) is 60.2 Å². The maximum absolute atomic E-state index is 12.7. The molecule has 4 aromatic carbocycles. The van der Waals surface area contributed by atoms with Crippen molar-refractivity contribution in [1.29, 1.82) is 0 Å². The summed E-state index contributed by atoms with van der Waals surface area (Å²) in [5.74, 6) is -0.0260. The van der Waals surface area contributed by atoms with Crippen molar-refractivity contribution in [3.8, 4) is 0 Å². The third-order valence-electron chi connectivity index (χ3n) is 4.89. The molecule has 0 unspecified atom stereocenters. The smallest absolute Gasteiger partial charge is 0.251 e. The molecule has 126 valence electrons. The second-order valence-electron chi connectivity index (χ2n) is 6.51. The maximum atomic E-state index is 12.7. The van der Waals surface area contributed by atoms with Gasteiger partial charge in [0, 0.05) is 18.7 Å². The first kappa shape index (κ1) is 15.9. The molecule has 4 aromatic rings. The van der Waals surface area contributed by atoms with Crippen molar-refractivity contribution in [3.63, 3.8) is 0 Å². The van der Waals surface area contributed by atoms with E-state index in [1.807, 2.05) is 12.1 Å². The van der Waals surface area contributed by atoms with Crippen molar-refractivity contribution in [2.24, 2.45) is 0 Å². The zero-order valence-corrected chi connectivity index (χ0v) is 14.1. The van der Waals surface area contributed by atoms with Crippen molar-refractivity contribution in [2.45, 2.75) is 19.3 Å². The predicted molar refractivity (Wildman–Crippen MR) is 103 cm³/mol. The fraction of sp³-hybridized carbons (Fsp3) is 0.227. The highest BCUT2D eigenvalue weighted by Crippen LogP contribution is 2.35. The highest BCUT2D eigenvalue weighted by atomic mass is 16.2. The number of rotatable bonds is 6. The van der Waals surface area contributed by atoms with Gasteiger partial charge in [-0.1, -0.05) is 48.5 Å². The topological polar surface area (TPSA) is 49.3 Å². The average Bonchev–Trinajstić information content (AvgIpc) is 2.65. The van der Waals surface area contributed by atoms with Gasteiger partial charge in [-0.05, 0) is 57.6 Å². The van der Waals surface area contributed by atoms with Crippen LogP contribution >= 0.6 is 0 Å². The van der Waals surface area contributed by atoms with Crippen molar-refractivity contribution in [2.75, 3.05) is 13.2 Å². The molecule has 0 heterocycles. The number of nitrogens with one attached hydrogen (secondary N) is 1. The summed E-state index contributed by atoms with van der Waals surface area (Å²) in [6, 6.07) is 18.7. The van der Waals surface area contributed by atoms with Crippen LogP contribution in [0.2, 0.25) is 0 Å². The van der Waals surface area contributed by atoms with Gasteiger partial charge in [-0.15, -0.1) is 0 Å². The Labute approximate surface area is 146 Å². The van der Waals surface area contributed by atoms with Gasteiger partial charge >= 0.3 is 0 Å². The van der Waals surface area contributed by atoms with Crippen molar-refractivity contribution in [1.82, 2.24) is 5.32 Å². The Hall–Kier alpha value is -2.65. The van der Waals surface area contributed by atoms with Crippen LogP contribution in [0.15, 0.2) is 54.6 Å². The average molecular weight is 331 g/mol. The van der Waals surface area contributed by atoms with Gasteiger partial charge in [-0.2, -0.15) is 0 Å². The van der Waals surface area contributed by atoms with E-state index in [-0.39, 0.29) is 12.5 Å². The molecule has 0 saturated carbocycles. The number of aliphatic hydroxyl groups excluding tert-OH is 1. The second kappa shape index (κ2) is 6.69. The number of benzene rings is 4. The minimum Gasteiger partial charge on any atom is -0.396 e. The Bertz CT molecular complexity index is 1020. The number of carbonyl (C=O) groups is 1. The van der Waals surface area contributed by atoms with Crippen molar-refractivity contribution < 1.29 is 9.90 Å². The fourth-order valence-electron chi connectivity index (χ4n) is 3.64. The molecule has 3 nitrogen and oxygen atoms in total. The predicted octanol–water partition coefficient (Wildman–Crippen LogP) is 4.48. The number of hydrogen-bond acceptors (Lipinski definition) is 2. The van der Waals surface area contributed by atoms with E-state index in [0.717, 1.165) is 30.2 Å². The van der Waals surface area contributed by atoms with E-state index in [9.17, 15) is 4.79 Å². The summed E-state index contributed by atoms with van der Waals surface area (Å²) in [6.45, 7) is 0.851. The van der Waals surface area contributed by atoms with Gasteiger partial charge in [-0.3, -0.25) is 4.79 Å². The molecule has 1 amide bonds. The third kappa shape index (κ3) is 2.81. The van der Waals surface area contributed by atoms with Gasteiger partial charge < -0.3 is 10.4 Å². The first-order chi connectivity index (χ1) is 12.3. The largest absolute Gasteiger partial charge is 0.396 e. The Kier molecular flexibility index (Phi) is 4.24. The van der Waals surface area contributed by atoms with Gasteiger partial charge in [0.2, 0.25) is 0 Å². The van der Waals surface area contributed by atoms with Crippen LogP contribution in [0.25, 0.3) is 32.3 Å². The third-order valence-corrected chi connectivity index (χ3v) is 4.89. The van der Waals surface area contributed by atoms with E-state index in [4.69, 9.17) is 5.11 Å². The van der Waals surface area contributed by atoms with E-state index in [2.05, 4.69) is 47.8 Å². The van der Waals surface area contributed by atoms with Gasteiger partial charge in [0.1, 0.15) is 0 Å². The van der Waals surface area contributed by atoms with Crippen LogP contribution in [-0.4, -0.2) is 24.2 Å². The summed E-state index contributed by atoms with van der Waals surface area (Å²) in [7, 11) is 0. The van der Waals surface area contributed by atoms with E-state index >= 15 is 0 Å². The van der Waals surface area contributed by atoms with Crippen LogP contribution < -0.4 is 5.32 Å². The Morgan fingerprint density at radius 1 is 0.800 bits per heavy atom.